The van der Waals surface area contributed by atoms with Gasteiger partial charge in [0.25, 0.3) is 11.8 Å². The van der Waals surface area contributed by atoms with Crippen LogP contribution in [0.15, 0.2) is 114 Å². The van der Waals surface area contributed by atoms with Crippen LogP contribution < -0.4 is 9.70 Å². The second-order valence-corrected chi connectivity index (χ2v) is 9.44. The second kappa shape index (κ2) is 10.7. The molecule has 8 heteroatoms. The van der Waals surface area contributed by atoms with Crippen LogP contribution in [0.5, 0.6) is 0 Å². The van der Waals surface area contributed by atoms with Crippen LogP contribution in [-0.2, 0) is 6.54 Å². The van der Waals surface area contributed by atoms with Crippen molar-refractivity contribution in [2.45, 2.75) is 6.54 Å². The monoisotopic (exact) mass is 585 g/mol. The van der Waals surface area contributed by atoms with Crippen LogP contribution in [0.25, 0.3) is 11.3 Å². The minimum absolute atomic E-state index is 0. The Morgan fingerprint density at radius 3 is 2.11 bits per heavy atom. The summed E-state index contributed by atoms with van der Waals surface area (Å²) in [6, 6.07) is 30.4. The van der Waals surface area contributed by atoms with Crippen molar-refractivity contribution in [3.05, 3.63) is 136 Å². The number of amides is 2. The molecule has 0 N–H and O–H groups in total. The molecule has 2 amide bonds. The van der Waals surface area contributed by atoms with E-state index in [-0.39, 0.29) is 34.6 Å². The molecule has 0 atom stereocenters. The molecule has 2 heterocycles. The van der Waals surface area contributed by atoms with E-state index in [2.05, 4.69) is 4.57 Å². The van der Waals surface area contributed by atoms with E-state index in [1.54, 1.807) is 42.5 Å². The molecule has 188 valence electrons. The molecule has 1 aliphatic heterocycles. The highest BCUT2D eigenvalue weighted by atomic mass is 79.9. The van der Waals surface area contributed by atoms with Gasteiger partial charge in [0.2, 0.25) is 0 Å². The number of aromatic nitrogens is 1. The van der Waals surface area contributed by atoms with Gasteiger partial charge in [-0.3, -0.25) is 9.59 Å². The van der Waals surface area contributed by atoms with E-state index in [9.17, 15) is 14.0 Å². The summed E-state index contributed by atoms with van der Waals surface area (Å²) in [6.07, 6.45) is 0. The lowest BCUT2D eigenvalue weighted by Gasteiger charge is -2.16. The summed E-state index contributed by atoms with van der Waals surface area (Å²) in [7, 11) is 0. The van der Waals surface area contributed by atoms with Crippen molar-refractivity contribution in [1.82, 2.24) is 4.57 Å². The van der Waals surface area contributed by atoms with Gasteiger partial charge in [-0.1, -0.05) is 54.6 Å². The lowest BCUT2D eigenvalue weighted by atomic mass is 10.1. The fourth-order valence-corrected chi connectivity index (χ4v) is 5.35. The molecule has 1 aliphatic rings. The number of anilines is 1. The molecule has 0 aliphatic carbocycles. The quantitative estimate of drug-likeness (QED) is 0.208. The molecule has 0 radical (unpaired) electrons. The zero-order chi connectivity index (χ0) is 25.4. The van der Waals surface area contributed by atoms with Crippen LogP contribution in [0.1, 0.15) is 26.3 Å². The fourth-order valence-electron chi connectivity index (χ4n) is 4.42. The number of carbonyl (C=O) groups is 2. The first-order valence-electron chi connectivity index (χ1n) is 11.7. The van der Waals surface area contributed by atoms with Crippen molar-refractivity contribution in [3.8, 4) is 11.3 Å². The van der Waals surface area contributed by atoms with E-state index in [0.29, 0.717) is 29.0 Å². The first kappa shape index (κ1) is 25.5. The number of thiazole rings is 1. The molecule has 4 aromatic carbocycles. The van der Waals surface area contributed by atoms with Crippen LogP contribution in [0.4, 0.5) is 15.8 Å². The van der Waals surface area contributed by atoms with Crippen LogP contribution in [0.2, 0.25) is 0 Å². The average molecular weight is 586 g/mol. The third-order valence-electron chi connectivity index (χ3n) is 6.23. The van der Waals surface area contributed by atoms with Crippen LogP contribution in [0, 0.1) is 5.82 Å². The predicted molar refractivity (Wildman–Crippen MR) is 153 cm³/mol. The SMILES string of the molecule is Br.O=C1c2ccccc2C(=O)N1c1cccc(-c2csc(=Nc3ccc(F)cc3)n2Cc2ccccc2)c1. The highest BCUT2D eigenvalue weighted by Gasteiger charge is 2.36. The maximum atomic E-state index is 13.4. The first-order chi connectivity index (χ1) is 18.1. The number of nitrogens with zero attached hydrogens (tertiary/aromatic N) is 3. The number of hydrogen-bond acceptors (Lipinski definition) is 4. The Balaban J connectivity index is 0.00000294. The number of hydrogen-bond donors (Lipinski definition) is 0. The predicted octanol–water partition coefficient (Wildman–Crippen LogP) is 7.01. The van der Waals surface area contributed by atoms with Crippen molar-refractivity contribution in [2.75, 3.05) is 4.90 Å². The Labute approximate surface area is 232 Å². The van der Waals surface area contributed by atoms with Gasteiger partial charge in [0.15, 0.2) is 4.80 Å². The maximum absolute atomic E-state index is 13.4. The van der Waals surface area contributed by atoms with Gasteiger partial charge >= 0.3 is 0 Å². The summed E-state index contributed by atoms with van der Waals surface area (Å²) in [5.41, 5.74) is 4.82. The Bertz CT molecular complexity index is 1680. The van der Waals surface area contributed by atoms with Crippen molar-refractivity contribution in [2.24, 2.45) is 4.99 Å². The smallest absolute Gasteiger partial charge is 0.266 e. The van der Waals surface area contributed by atoms with Crippen molar-refractivity contribution < 1.29 is 14.0 Å². The Hall–Kier alpha value is -4.14. The highest BCUT2D eigenvalue weighted by Crippen LogP contribution is 2.32. The van der Waals surface area contributed by atoms with Gasteiger partial charge in [-0.2, -0.15) is 0 Å². The van der Waals surface area contributed by atoms with Gasteiger partial charge in [0.05, 0.1) is 34.7 Å². The van der Waals surface area contributed by atoms with E-state index in [1.165, 1.54) is 28.4 Å². The average Bonchev–Trinajstić information content (AvgIpc) is 3.43. The van der Waals surface area contributed by atoms with E-state index in [0.717, 1.165) is 21.6 Å². The van der Waals surface area contributed by atoms with Crippen molar-refractivity contribution >= 4 is 51.5 Å². The summed E-state index contributed by atoms with van der Waals surface area (Å²) >= 11 is 1.47. The first-order valence-corrected chi connectivity index (χ1v) is 12.6. The molecule has 0 saturated carbocycles. The third-order valence-corrected chi connectivity index (χ3v) is 7.09. The summed E-state index contributed by atoms with van der Waals surface area (Å²) < 4.78 is 15.5. The fraction of sp³-hybridized carbons (Fsp3) is 0.0333. The summed E-state index contributed by atoms with van der Waals surface area (Å²) in [4.78, 5) is 32.9. The van der Waals surface area contributed by atoms with Crippen LogP contribution >= 0.6 is 28.3 Å². The van der Waals surface area contributed by atoms with Gasteiger partial charge in [0, 0.05) is 10.9 Å². The van der Waals surface area contributed by atoms with E-state index >= 15 is 0 Å². The molecule has 5 aromatic rings. The van der Waals surface area contributed by atoms with E-state index in [4.69, 9.17) is 4.99 Å². The highest BCUT2D eigenvalue weighted by molar-refractivity contribution is 8.93. The molecule has 0 saturated heterocycles. The summed E-state index contributed by atoms with van der Waals surface area (Å²) in [5.74, 6) is -0.965. The third kappa shape index (κ3) is 4.76. The van der Waals surface area contributed by atoms with E-state index in [1.807, 2.05) is 53.9 Å². The minimum atomic E-state index is -0.327. The molecule has 6 rings (SSSR count). The Morgan fingerprint density at radius 1 is 0.763 bits per heavy atom. The molecular formula is C30H21BrFN3O2S. The molecular weight excluding hydrogens is 565 g/mol. The van der Waals surface area contributed by atoms with Crippen molar-refractivity contribution in [1.29, 1.82) is 0 Å². The number of carbonyl (C=O) groups excluding carboxylic acids is 2. The normalized spacial score (nSPS) is 13.0. The number of imide groups is 1. The van der Waals surface area contributed by atoms with Crippen molar-refractivity contribution in [3.63, 3.8) is 0 Å². The largest absolute Gasteiger partial charge is 0.312 e. The van der Waals surface area contributed by atoms with E-state index < -0.39 is 0 Å². The lowest BCUT2D eigenvalue weighted by molar-refractivity contribution is 0.0926. The van der Waals surface area contributed by atoms with Crippen LogP contribution in [-0.4, -0.2) is 16.4 Å². The maximum Gasteiger partial charge on any atom is 0.266 e. The van der Waals surface area contributed by atoms with Crippen LogP contribution in [0.3, 0.4) is 0 Å². The second-order valence-electron chi connectivity index (χ2n) is 8.61. The Morgan fingerprint density at radius 2 is 1.42 bits per heavy atom. The summed E-state index contributed by atoms with van der Waals surface area (Å²) in [5, 5.41) is 2.01. The standard InChI is InChI=1S/C30H20FN3O2S.BrH/c31-22-13-15-23(16-14-22)32-30-33(18-20-7-2-1-3-8-20)27(19-37-30)21-9-6-10-24(17-21)34-28(35)25-11-4-5-12-26(25)29(34)36;/h1-17,19H,18H2;1H. The zero-order valence-corrected chi connectivity index (χ0v) is 22.5. The molecule has 0 spiro atoms. The topological polar surface area (TPSA) is 54.7 Å². The summed E-state index contributed by atoms with van der Waals surface area (Å²) in [6.45, 7) is 0.566. The number of rotatable bonds is 5. The molecule has 5 nitrogen and oxygen atoms in total. The molecule has 38 heavy (non-hydrogen) atoms. The molecule has 0 fully saturated rings. The molecule has 1 aromatic heterocycles. The van der Waals surface area contributed by atoms with Gasteiger partial charge in [-0.25, -0.2) is 14.3 Å². The van der Waals surface area contributed by atoms with Gasteiger partial charge in [-0.15, -0.1) is 28.3 Å². The number of fused-ring (bicyclic) bond motifs is 1. The Kier molecular flexibility index (Phi) is 7.18. The molecule has 0 bridgehead atoms. The number of benzene rings is 4. The van der Waals surface area contributed by atoms with Gasteiger partial charge < -0.3 is 4.57 Å². The lowest BCUT2D eigenvalue weighted by Crippen LogP contribution is -2.29. The zero-order valence-electron chi connectivity index (χ0n) is 20.0. The minimum Gasteiger partial charge on any atom is -0.312 e. The number of halogens is 2. The van der Waals surface area contributed by atoms with Gasteiger partial charge in [0.1, 0.15) is 5.82 Å². The van der Waals surface area contributed by atoms with Gasteiger partial charge in [-0.05, 0) is 54.1 Å². The molecule has 0 unspecified atom stereocenters.